The summed E-state index contributed by atoms with van der Waals surface area (Å²) < 4.78 is 5.18. The monoisotopic (exact) mass is 129 g/mol. The molecule has 0 aromatic heterocycles. The fourth-order valence-electron chi connectivity index (χ4n) is 0.878. The smallest absolute Gasteiger partial charge is 0.154 e. The number of aldehydes is 1. The largest absolute Gasteiger partial charge is 0.365 e. The summed E-state index contributed by atoms with van der Waals surface area (Å²) in [6.07, 6.45) is 0.882. The lowest BCUT2D eigenvalue weighted by molar-refractivity contribution is -0.137. The molecule has 3 heteroatoms. The lowest BCUT2D eigenvalue weighted by Gasteiger charge is -2.36. The Kier molecular flexibility index (Phi) is 1.83. The molecular weight excluding hydrogens is 118 g/mol. The van der Waals surface area contributed by atoms with Crippen LogP contribution in [0.2, 0.25) is 0 Å². The summed E-state index contributed by atoms with van der Waals surface area (Å²) in [5, 5.41) is 2.98. The van der Waals surface area contributed by atoms with Gasteiger partial charge in [-0.15, -0.1) is 0 Å². The van der Waals surface area contributed by atoms with Gasteiger partial charge in [0.25, 0.3) is 0 Å². The minimum Gasteiger partial charge on any atom is -0.365 e. The Morgan fingerprint density at radius 2 is 2.44 bits per heavy atom. The van der Waals surface area contributed by atoms with Crippen LogP contribution in [0.3, 0.4) is 0 Å². The number of hydrogen-bond acceptors (Lipinski definition) is 3. The van der Waals surface area contributed by atoms with Crippen molar-refractivity contribution in [3.8, 4) is 0 Å². The Morgan fingerprint density at radius 1 is 1.78 bits per heavy atom. The first kappa shape index (κ1) is 6.71. The van der Waals surface area contributed by atoms with Gasteiger partial charge in [-0.05, 0) is 6.92 Å². The molecule has 1 aliphatic rings. The third-order valence-electron chi connectivity index (χ3n) is 1.50. The molecule has 3 nitrogen and oxygen atoms in total. The number of ether oxygens (including phenoxy) is 1. The van der Waals surface area contributed by atoms with Crippen LogP contribution in [0.25, 0.3) is 0 Å². The van der Waals surface area contributed by atoms with Crippen LogP contribution in [-0.2, 0) is 9.53 Å². The van der Waals surface area contributed by atoms with Gasteiger partial charge in [-0.3, -0.25) is 0 Å². The van der Waals surface area contributed by atoms with Gasteiger partial charge in [-0.25, -0.2) is 0 Å². The normalized spacial score (nSPS) is 22.8. The molecular formula is C6H11NO2. The average Bonchev–Trinajstić information content (AvgIpc) is 1.79. The Bertz CT molecular complexity index is 110. The Morgan fingerprint density at radius 3 is 2.56 bits per heavy atom. The highest BCUT2D eigenvalue weighted by molar-refractivity contribution is 5.65. The first-order valence-corrected chi connectivity index (χ1v) is 3.14. The molecule has 0 radical (unpaired) electrons. The van der Waals surface area contributed by atoms with Crippen LogP contribution in [0.15, 0.2) is 0 Å². The van der Waals surface area contributed by atoms with Gasteiger partial charge in [0.05, 0.1) is 0 Å². The van der Waals surface area contributed by atoms with E-state index in [0.717, 1.165) is 6.29 Å². The van der Waals surface area contributed by atoms with Crippen LogP contribution in [-0.4, -0.2) is 31.6 Å². The minimum absolute atomic E-state index is 0.477. The fourth-order valence-corrected chi connectivity index (χ4v) is 0.878. The van der Waals surface area contributed by atoms with E-state index in [1.807, 2.05) is 6.92 Å². The molecule has 0 aromatic rings. The molecule has 1 heterocycles. The topological polar surface area (TPSA) is 38.3 Å². The summed E-state index contributed by atoms with van der Waals surface area (Å²) in [4.78, 5) is 10.3. The second-order valence-electron chi connectivity index (χ2n) is 2.22. The Balaban J connectivity index is 2.37. The zero-order chi connectivity index (χ0) is 6.74. The van der Waals surface area contributed by atoms with Crippen molar-refractivity contribution in [2.75, 3.05) is 19.7 Å². The molecule has 0 aromatic carbocycles. The first-order valence-electron chi connectivity index (χ1n) is 3.14. The number of nitrogens with one attached hydrogen (secondary N) is 1. The van der Waals surface area contributed by atoms with Crippen molar-refractivity contribution in [3.05, 3.63) is 0 Å². The van der Waals surface area contributed by atoms with Crippen molar-refractivity contribution in [1.29, 1.82) is 0 Å². The maximum absolute atomic E-state index is 10.3. The molecule has 0 amide bonds. The minimum atomic E-state index is -0.477. The molecule has 1 N–H and O–H groups in total. The highest BCUT2D eigenvalue weighted by Gasteiger charge is 2.37. The van der Waals surface area contributed by atoms with E-state index in [1.54, 1.807) is 0 Å². The zero-order valence-electron chi connectivity index (χ0n) is 5.52. The summed E-state index contributed by atoms with van der Waals surface area (Å²) >= 11 is 0. The van der Waals surface area contributed by atoms with Crippen LogP contribution in [0.1, 0.15) is 6.92 Å². The van der Waals surface area contributed by atoms with E-state index in [9.17, 15) is 4.79 Å². The second-order valence-corrected chi connectivity index (χ2v) is 2.22. The van der Waals surface area contributed by atoms with E-state index < -0.39 is 5.60 Å². The third kappa shape index (κ3) is 1.11. The summed E-state index contributed by atoms with van der Waals surface area (Å²) in [5.74, 6) is 0. The highest BCUT2D eigenvalue weighted by atomic mass is 16.5. The van der Waals surface area contributed by atoms with E-state index in [-0.39, 0.29) is 0 Å². The molecule has 52 valence electrons. The zero-order valence-corrected chi connectivity index (χ0v) is 5.52. The van der Waals surface area contributed by atoms with Crippen LogP contribution in [0.5, 0.6) is 0 Å². The van der Waals surface area contributed by atoms with Gasteiger partial charge in [-0.2, -0.15) is 0 Å². The van der Waals surface area contributed by atoms with Gasteiger partial charge in [0.1, 0.15) is 5.60 Å². The van der Waals surface area contributed by atoms with E-state index in [2.05, 4.69) is 5.32 Å². The molecule has 1 fully saturated rings. The van der Waals surface area contributed by atoms with E-state index in [1.165, 1.54) is 0 Å². The first-order chi connectivity index (χ1) is 4.33. The SMILES string of the molecule is CCOC1(C=O)CNC1. The summed E-state index contributed by atoms with van der Waals surface area (Å²) in [5.41, 5.74) is -0.477. The predicted octanol–water partition coefficient (Wildman–Crippen LogP) is -0.436. The van der Waals surface area contributed by atoms with Crippen molar-refractivity contribution in [3.63, 3.8) is 0 Å². The molecule has 1 aliphatic heterocycles. The van der Waals surface area contributed by atoms with Crippen molar-refractivity contribution < 1.29 is 9.53 Å². The van der Waals surface area contributed by atoms with Crippen molar-refractivity contribution in [2.45, 2.75) is 12.5 Å². The molecule has 1 rings (SSSR count). The van der Waals surface area contributed by atoms with E-state index in [4.69, 9.17) is 4.74 Å². The Labute approximate surface area is 54.4 Å². The summed E-state index contributed by atoms with van der Waals surface area (Å²) in [6.45, 7) is 3.85. The average molecular weight is 129 g/mol. The molecule has 0 aliphatic carbocycles. The number of hydrogen-bond donors (Lipinski definition) is 1. The van der Waals surface area contributed by atoms with E-state index in [0.29, 0.717) is 19.7 Å². The lowest BCUT2D eigenvalue weighted by Crippen LogP contribution is -2.62. The van der Waals surface area contributed by atoms with Gasteiger partial charge in [-0.1, -0.05) is 0 Å². The number of carbonyl (C=O) groups is 1. The Hall–Kier alpha value is -0.410. The van der Waals surface area contributed by atoms with Gasteiger partial charge in [0, 0.05) is 19.7 Å². The molecule has 1 saturated heterocycles. The fraction of sp³-hybridized carbons (Fsp3) is 0.833. The molecule has 0 saturated carbocycles. The summed E-state index contributed by atoms with van der Waals surface area (Å²) in [6, 6.07) is 0. The quantitative estimate of drug-likeness (QED) is 0.525. The van der Waals surface area contributed by atoms with Crippen LogP contribution in [0.4, 0.5) is 0 Å². The third-order valence-corrected chi connectivity index (χ3v) is 1.50. The molecule has 0 spiro atoms. The highest BCUT2D eigenvalue weighted by Crippen LogP contribution is 2.12. The summed E-state index contributed by atoms with van der Waals surface area (Å²) in [7, 11) is 0. The molecule has 0 bridgehead atoms. The maximum Gasteiger partial charge on any atom is 0.154 e. The van der Waals surface area contributed by atoms with Crippen molar-refractivity contribution in [1.82, 2.24) is 5.32 Å². The molecule has 9 heavy (non-hydrogen) atoms. The maximum atomic E-state index is 10.3. The number of rotatable bonds is 3. The second kappa shape index (κ2) is 2.45. The van der Waals surface area contributed by atoms with Gasteiger partial charge < -0.3 is 14.8 Å². The van der Waals surface area contributed by atoms with Gasteiger partial charge >= 0.3 is 0 Å². The number of carbonyl (C=O) groups excluding carboxylic acids is 1. The van der Waals surface area contributed by atoms with Gasteiger partial charge in [0.15, 0.2) is 6.29 Å². The molecule has 0 atom stereocenters. The van der Waals surface area contributed by atoms with Crippen molar-refractivity contribution >= 4 is 6.29 Å². The standard InChI is InChI=1S/C6H11NO2/c1-2-9-6(5-8)3-7-4-6/h5,7H,2-4H2,1H3. The van der Waals surface area contributed by atoms with E-state index >= 15 is 0 Å². The van der Waals surface area contributed by atoms with Crippen LogP contribution < -0.4 is 5.32 Å². The van der Waals surface area contributed by atoms with Crippen LogP contribution >= 0.6 is 0 Å². The lowest BCUT2D eigenvalue weighted by atomic mass is 9.99. The van der Waals surface area contributed by atoms with Crippen molar-refractivity contribution in [2.24, 2.45) is 0 Å². The van der Waals surface area contributed by atoms with Gasteiger partial charge in [0.2, 0.25) is 0 Å². The van der Waals surface area contributed by atoms with Crippen LogP contribution in [0, 0.1) is 0 Å². The molecule has 0 unspecified atom stereocenters. The predicted molar refractivity (Wildman–Crippen MR) is 33.3 cm³/mol.